The number of aryl methyl sites for hydroxylation is 1. The first-order valence-corrected chi connectivity index (χ1v) is 7.71. The fraction of sp³-hybridized carbons (Fsp3) is 0.688. The van der Waals surface area contributed by atoms with Crippen molar-refractivity contribution in [1.29, 1.82) is 0 Å². The molecule has 1 aliphatic heterocycles. The second-order valence-electron chi connectivity index (χ2n) is 6.07. The predicted octanol–water partition coefficient (Wildman–Crippen LogP) is 1.53. The Bertz CT molecular complexity index is 455. The molecule has 118 valence electrons. The lowest BCUT2D eigenvalue weighted by Crippen LogP contribution is -2.42. The number of morpholine rings is 1. The molecular weight excluding hydrogens is 264 g/mol. The Kier molecular flexibility index (Phi) is 5.96. The van der Waals surface area contributed by atoms with Gasteiger partial charge in [0.15, 0.2) is 0 Å². The minimum absolute atomic E-state index is 0.352. The van der Waals surface area contributed by atoms with Crippen molar-refractivity contribution in [1.82, 2.24) is 19.6 Å². The summed E-state index contributed by atoms with van der Waals surface area (Å²) in [5, 5.41) is 4.53. The second-order valence-corrected chi connectivity index (χ2v) is 6.07. The van der Waals surface area contributed by atoms with Crippen LogP contribution in [-0.4, -0.2) is 66.0 Å². The molecule has 5 nitrogen and oxygen atoms in total. The summed E-state index contributed by atoms with van der Waals surface area (Å²) >= 11 is 0. The Morgan fingerprint density at radius 2 is 2.33 bits per heavy atom. The van der Waals surface area contributed by atoms with E-state index in [2.05, 4.69) is 48.7 Å². The van der Waals surface area contributed by atoms with Crippen LogP contribution >= 0.6 is 0 Å². The van der Waals surface area contributed by atoms with Crippen LogP contribution < -0.4 is 0 Å². The molecule has 0 amide bonds. The lowest BCUT2D eigenvalue weighted by atomic mass is 10.1. The third-order valence-electron chi connectivity index (χ3n) is 3.88. The molecule has 0 aromatic carbocycles. The van der Waals surface area contributed by atoms with Gasteiger partial charge in [0.1, 0.15) is 0 Å². The van der Waals surface area contributed by atoms with E-state index in [9.17, 15) is 0 Å². The highest BCUT2D eigenvalue weighted by atomic mass is 16.5. The fourth-order valence-electron chi connectivity index (χ4n) is 2.68. The van der Waals surface area contributed by atoms with E-state index in [0.29, 0.717) is 6.10 Å². The van der Waals surface area contributed by atoms with Gasteiger partial charge in [-0.2, -0.15) is 5.10 Å². The van der Waals surface area contributed by atoms with E-state index in [1.165, 1.54) is 5.56 Å². The van der Waals surface area contributed by atoms with E-state index in [1.807, 2.05) is 10.8 Å². The number of hydrogen-bond acceptors (Lipinski definition) is 4. The molecule has 21 heavy (non-hydrogen) atoms. The molecule has 0 N–H and O–H groups in total. The zero-order valence-corrected chi connectivity index (χ0v) is 13.6. The first kappa shape index (κ1) is 16.2. The summed E-state index contributed by atoms with van der Waals surface area (Å²) in [5.74, 6) is 0. The number of allylic oxidation sites excluding steroid dienone is 1. The molecule has 1 saturated heterocycles. The van der Waals surface area contributed by atoms with Crippen LogP contribution in [0.1, 0.15) is 17.7 Å². The lowest BCUT2D eigenvalue weighted by molar-refractivity contribution is -0.0370. The summed E-state index contributed by atoms with van der Waals surface area (Å²) in [6, 6.07) is 0. The molecule has 0 aliphatic carbocycles. The van der Waals surface area contributed by atoms with Crippen LogP contribution in [0.15, 0.2) is 18.9 Å². The average molecular weight is 292 g/mol. The normalized spacial score (nSPS) is 20.1. The summed E-state index contributed by atoms with van der Waals surface area (Å²) in [5.41, 5.74) is 2.43. The van der Waals surface area contributed by atoms with Crippen LogP contribution in [0.2, 0.25) is 0 Å². The maximum absolute atomic E-state index is 5.87. The van der Waals surface area contributed by atoms with Crippen molar-refractivity contribution in [2.24, 2.45) is 0 Å². The van der Waals surface area contributed by atoms with Gasteiger partial charge in [0.25, 0.3) is 0 Å². The summed E-state index contributed by atoms with van der Waals surface area (Å²) in [6.45, 7) is 11.5. The highest BCUT2D eigenvalue weighted by molar-refractivity contribution is 5.15. The fourth-order valence-corrected chi connectivity index (χ4v) is 2.68. The highest BCUT2D eigenvalue weighted by Gasteiger charge is 2.21. The molecule has 0 radical (unpaired) electrons. The van der Waals surface area contributed by atoms with Gasteiger partial charge in [-0.3, -0.25) is 9.58 Å². The van der Waals surface area contributed by atoms with Crippen LogP contribution in [-0.2, 0) is 17.8 Å². The van der Waals surface area contributed by atoms with Crippen molar-refractivity contribution in [2.75, 3.05) is 40.3 Å². The van der Waals surface area contributed by atoms with Crippen molar-refractivity contribution in [2.45, 2.75) is 32.5 Å². The smallest absolute Gasteiger partial charge is 0.0714 e. The molecule has 1 fully saturated rings. The van der Waals surface area contributed by atoms with Gasteiger partial charge in [-0.1, -0.05) is 6.08 Å². The first-order valence-electron chi connectivity index (χ1n) is 7.71. The SMILES string of the molecule is C=CCn1cc(CN2CCO[C@H](CCN(C)C)C2)c(C)n1. The van der Waals surface area contributed by atoms with Crippen molar-refractivity contribution in [3.05, 3.63) is 30.1 Å². The third kappa shape index (κ3) is 4.95. The van der Waals surface area contributed by atoms with Crippen LogP contribution in [0.5, 0.6) is 0 Å². The Morgan fingerprint density at radius 1 is 1.52 bits per heavy atom. The monoisotopic (exact) mass is 292 g/mol. The Morgan fingerprint density at radius 3 is 3.05 bits per heavy atom. The van der Waals surface area contributed by atoms with E-state index in [-0.39, 0.29) is 0 Å². The number of hydrogen-bond donors (Lipinski definition) is 0. The van der Waals surface area contributed by atoms with Gasteiger partial charge in [-0.05, 0) is 27.4 Å². The minimum atomic E-state index is 0.352. The Hall–Kier alpha value is -1.17. The summed E-state index contributed by atoms with van der Waals surface area (Å²) < 4.78 is 7.83. The van der Waals surface area contributed by atoms with E-state index < -0.39 is 0 Å². The number of aromatic nitrogens is 2. The van der Waals surface area contributed by atoms with Gasteiger partial charge in [0.2, 0.25) is 0 Å². The van der Waals surface area contributed by atoms with Gasteiger partial charge < -0.3 is 9.64 Å². The van der Waals surface area contributed by atoms with E-state index in [0.717, 1.165) is 51.4 Å². The standard InChI is InChI=1S/C16H28N4O/c1-5-7-20-12-15(14(2)17-20)11-19-9-10-21-16(13-19)6-8-18(3)4/h5,12,16H,1,6-11,13H2,2-4H3/t16-/m1/s1. The molecule has 1 aromatic rings. The van der Waals surface area contributed by atoms with Crippen LogP contribution in [0.4, 0.5) is 0 Å². The third-order valence-corrected chi connectivity index (χ3v) is 3.88. The van der Waals surface area contributed by atoms with Crippen molar-refractivity contribution >= 4 is 0 Å². The molecule has 5 heteroatoms. The average Bonchev–Trinajstić information content (AvgIpc) is 2.77. The molecule has 0 bridgehead atoms. The zero-order chi connectivity index (χ0) is 15.2. The van der Waals surface area contributed by atoms with Crippen LogP contribution in [0.25, 0.3) is 0 Å². The highest BCUT2D eigenvalue weighted by Crippen LogP contribution is 2.15. The van der Waals surface area contributed by atoms with Gasteiger partial charge in [0.05, 0.1) is 24.9 Å². The van der Waals surface area contributed by atoms with Crippen molar-refractivity contribution in [3.63, 3.8) is 0 Å². The quantitative estimate of drug-likeness (QED) is 0.714. The van der Waals surface area contributed by atoms with Crippen LogP contribution in [0.3, 0.4) is 0 Å². The van der Waals surface area contributed by atoms with Gasteiger partial charge in [0, 0.05) is 37.9 Å². The van der Waals surface area contributed by atoms with Gasteiger partial charge in [-0.15, -0.1) is 6.58 Å². The van der Waals surface area contributed by atoms with Crippen molar-refractivity contribution < 1.29 is 4.74 Å². The summed E-state index contributed by atoms with van der Waals surface area (Å²) in [7, 11) is 4.22. The van der Waals surface area contributed by atoms with Gasteiger partial charge in [-0.25, -0.2) is 0 Å². The molecule has 0 saturated carbocycles. The predicted molar refractivity (Wildman–Crippen MR) is 85.3 cm³/mol. The molecule has 2 heterocycles. The van der Waals surface area contributed by atoms with E-state index in [4.69, 9.17) is 4.74 Å². The lowest BCUT2D eigenvalue weighted by Gasteiger charge is -2.33. The minimum Gasteiger partial charge on any atom is -0.376 e. The Labute approximate surface area is 128 Å². The molecule has 1 aromatic heterocycles. The zero-order valence-electron chi connectivity index (χ0n) is 13.6. The molecule has 2 rings (SSSR count). The number of ether oxygens (including phenoxy) is 1. The molecule has 1 aliphatic rings. The largest absolute Gasteiger partial charge is 0.376 e. The van der Waals surface area contributed by atoms with Crippen molar-refractivity contribution in [3.8, 4) is 0 Å². The Balaban J connectivity index is 1.88. The maximum Gasteiger partial charge on any atom is 0.0714 e. The number of nitrogens with zero attached hydrogens (tertiary/aromatic N) is 4. The van der Waals surface area contributed by atoms with Gasteiger partial charge >= 0.3 is 0 Å². The molecule has 0 spiro atoms. The maximum atomic E-state index is 5.87. The summed E-state index contributed by atoms with van der Waals surface area (Å²) in [4.78, 5) is 4.69. The second kappa shape index (κ2) is 7.73. The topological polar surface area (TPSA) is 33.5 Å². The molecular formula is C16H28N4O. The molecule has 1 atom stereocenters. The molecule has 0 unspecified atom stereocenters. The van der Waals surface area contributed by atoms with E-state index >= 15 is 0 Å². The summed E-state index contributed by atoms with van der Waals surface area (Å²) in [6.07, 6.45) is 5.46. The number of rotatable bonds is 7. The van der Waals surface area contributed by atoms with E-state index in [1.54, 1.807) is 0 Å². The van der Waals surface area contributed by atoms with Crippen LogP contribution in [0, 0.1) is 6.92 Å². The first-order chi connectivity index (χ1) is 10.1.